The summed E-state index contributed by atoms with van der Waals surface area (Å²) in [4.78, 5) is 15.7. The van der Waals surface area contributed by atoms with Gasteiger partial charge >= 0.3 is 6.03 Å². The van der Waals surface area contributed by atoms with Crippen LogP contribution in [0.4, 0.5) is 4.79 Å². The van der Waals surface area contributed by atoms with E-state index in [0.717, 1.165) is 18.4 Å². The van der Waals surface area contributed by atoms with Crippen LogP contribution in [-0.4, -0.2) is 23.6 Å². The zero-order valence-electron chi connectivity index (χ0n) is 15.0. The summed E-state index contributed by atoms with van der Waals surface area (Å²) < 4.78 is 0. The summed E-state index contributed by atoms with van der Waals surface area (Å²) in [6.45, 7) is 7.11. The van der Waals surface area contributed by atoms with Crippen LogP contribution in [0.3, 0.4) is 0 Å². The van der Waals surface area contributed by atoms with Gasteiger partial charge in [0.15, 0.2) is 0 Å². The molecule has 1 heterocycles. The zero-order valence-corrected chi connectivity index (χ0v) is 15.0. The van der Waals surface area contributed by atoms with Gasteiger partial charge in [0.2, 0.25) is 0 Å². The van der Waals surface area contributed by atoms with E-state index in [1.807, 2.05) is 6.07 Å². The molecule has 0 spiro atoms. The highest BCUT2D eigenvalue weighted by Crippen LogP contribution is 2.33. The molecule has 0 saturated heterocycles. The number of aromatic amines is 1. The van der Waals surface area contributed by atoms with Crippen molar-refractivity contribution in [2.45, 2.75) is 64.3 Å². The van der Waals surface area contributed by atoms with Crippen molar-refractivity contribution in [3.8, 4) is 0 Å². The number of rotatable bonds is 4. The molecular formula is C20H29N3O. The summed E-state index contributed by atoms with van der Waals surface area (Å²) >= 11 is 0. The van der Waals surface area contributed by atoms with E-state index in [1.54, 1.807) is 0 Å². The number of amides is 2. The smallest absolute Gasteiger partial charge is 0.315 e. The van der Waals surface area contributed by atoms with Crippen LogP contribution in [0.1, 0.15) is 57.2 Å². The van der Waals surface area contributed by atoms with Crippen molar-refractivity contribution >= 4 is 16.9 Å². The van der Waals surface area contributed by atoms with Crippen LogP contribution in [0.15, 0.2) is 24.3 Å². The summed E-state index contributed by atoms with van der Waals surface area (Å²) in [5, 5.41) is 7.46. The van der Waals surface area contributed by atoms with E-state index in [1.165, 1.54) is 35.9 Å². The number of nitrogens with one attached hydrogen (secondary N) is 3. The van der Waals surface area contributed by atoms with E-state index in [-0.39, 0.29) is 11.4 Å². The molecule has 4 heteroatoms. The molecular weight excluding hydrogens is 298 g/mol. The van der Waals surface area contributed by atoms with Gasteiger partial charge in [-0.1, -0.05) is 51.3 Å². The van der Waals surface area contributed by atoms with Crippen LogP contribution in [0.5, 0.6) is 0 Å². The Morgan fingerprint density at radius 3 is 2.67 bits per heavy atom. The quantitative estimate of drug-likeness (QED) is 0.766. The highest BCUT2D eigenvalue weighted by molar-refractivity contribution is 5.86. The number of fused-ring (bicyclic) bond motifs is 1. The van der Waals surface area contributed by atoms with Gasteiger partial charge in [0.25, 0.3) is 0 Å². The molecule has 2 amide bonds. The molecule has 3 N–H and O–H groups in total. The molecule has 1 aromatic carbocycles. The lowest BCUT2D eigenvalue weighted by Gasteiger charge is -2.28. The van der Waals surface area contributed by atoms with Crippen molar-refractivity contribution in [2.24, 2.45) is 0 Å². The first-order valence-electron chi connectivity index (χ1n) is 9.09. The number of hydrogen-bond donors (Lipinski definition) is 3. The minimum Gasteiger partial charge on any atom is -0.358 e. The standard InChI is InChI=1S/C20H29N3O/c1-14-18(16-11-7-8-12-17(16)22-14)20(2,3)13-21-19(24)23-15-9-5-4-6-10-15/h7-8,11-12,15,22H,4-6,9-10,13H2,1-3H3,(H2,21,23,24). The lowest BCUT2D eigenvalue weighted by molar-refractivity contribution is 0.230. The summed E-state index contributed by atoms with van der Waals surface area (Å²) in [5.74, 6) is 0. The molecule has 1 aliphatic rings. The Labute approximate surface area is 144 Å². The van der Waals surface area contributed by atoms with Gasteiger partial charge in [0.05, 0.1) is 0 Å². The van der Waals surface area contributed by atoms with Crippen molar-refractivity contribution in [3.05, 3.63) is 35.5 Å². The second-order valence-corrected chi connectivity index (χ2v) is 7.72. The number of hydrogen-bond acceptors (Lipinski definition) is 1. The SMILES string of the molecule is Cc1[nH]c2ccccc2c1C(C)(C)CNC(=O)NC1CCCCC1. The molecule has 3 rings (SSSR count). The minimum absolute atomic E-state index is 0.0348. The van der Waals surface area contributed by atoms with Gasteiger partial charge in [-0.3, -0.25) is 0 Å². The highest BCUT2D eigenvalue weighted by Gasteiger charge is 2.27. The number of benzene rings is 1. The first-order valence-corrected chi connectivity index (χ1v) is 9.09. The van der Waals surface area contributed by atoms with Gasteiger partial charge in [-0.2, -0.15) is 0 Å². The molecule has 0 bridgehead atoms. The fraction of sp³-hybridized carbons (Fsp3) is 0.550. The van der Waals surface area contributed by atoms with Crippen LogP contribution in [0.25, 0.3) is 10.9 Å². The monoisotopic (exact) mass is 327 g/mol. The molecule has 1 fully saturated rings. The molecule has 0 atom stereocenters. The maximum Gasteiger partial charge on any atom is 0.315 e. The molecule has 24 heavy (non-hydrogen) atoms. The second-order valence-electron chi connectivity index (χ2n) is 7.72. The van der Waals surface area contributed by atoms with Gasteiger partial charge in [-0.15, -0.1) is 0 Å². The molecule has 0 radical (unpaired) electrons. The van der Waals surface area contributed by atoms with Crippen molar-refractivity contribution in [3.63, 3.8) is 0 Å². The summed E-state index contributed by atoms with van der Waals surface area (Å²) in [6.07, 6.45) is 5.97. The third-order valence-electron chi connectivity index (χ3n) is 5.20. The van der Waals surface area contributed by atoms with Crippen LogP contribution in [0.2, 0.25) is 0 Å². The van der Waals surface area contributed by atoms with Gasteiger partial charge in [-0.05, 0) is 31.4 Å². The molecule has 2 aromatic rings. The Morgan fingerprint density at radius 1 is 1.21 bits per heavy atom. The summed E-state index contributed by atoms with van der Waals surface area (Å²) in [7, 11) is 0. The van der Waals surface area contributed by atoms with E-state index in [0.29, 0.717) is 12.6 Å². The maximum absolute atomic E-state index is 12.2. The molecule has 1 saturated carbocycles. The first kappa shape index (κ1) is 16.9. The average Bonchev–Trinajstić information content (AvgIpc) is 2.90. The fourth-order valence-corrected chi connectivity index (χ4v) is 4.02. The number of carbonyl (C=O) groups excluding carboxylic acids is 1. The average molecular weight is 327 g/mol. The van der Waals surface area contributed by atoms with Crippen LogP contribution in [-0.2, 0) is 5.41 Å². The highest BCUT2D eigenvalue weighted by atomic mass is 16.2. The third-order valence-corrected chi connectivity index (χ3v) is 5.20. The normalized spacial score (nSPS) is 16.3. The Morgan fingerprint density at radius 2 is 1.92 bits per heavy atom. The predicted octanol–water partition coefficient (Wildman–Crippen LogP) is 4.39. The molecule has 0 aliphatic heterocycles. The number of aryl methyl sites for hydroxylation is 1. The van der Waals surface area contributed by atoms with E-state index in [2.05, 4.69) is 54.6 Å². The van der Waals surface area contributed by atoms with Gasteiger partial charge in [0.1, 0.15) is 0 Å². The second kappa shape index (κ2) is 6.88. The number of carbonyl (C=O) groups is 1. The van der Waals surface area contributed by atoms with Crippen molar-refractivity contribution in [2.75, 3.05) is 6.54 Å². The number of aromatic nitrogens is 1. The van der Waals surface area contributed by atoms with Crippen LogP contribution >= 0.6 is 0 Å². The topological polar surface area (TPSA) is 56.9 Å². The van der Waals surface area contributed by atoms with E-state index in [9.17, 15) is 4.79 Å². The minimum atomic E-state index is -0.131. The molecule has 4 nitrogen and oxygen atoms in total. The maximum atomic E-state index is 12.2. The van der Waals surface area contributed by atoms with E-state index < -0.39 is 0 Å². The predicted molar refractivity (Wildman–Crippen MR) is 99.5 cm³/mol. The van der Waals surface area contributed by atoms with E-state index in [4.69, 9.17) is 0 Å². The lowest BCUT2D eigenvalue weighted by Crippen LogP contribution is -2.46. The Bertz CT molecular complexity index is 711. The zero-order chi connectivity index (χ0) is 17.2. The Balaban J connectivity index is 1.66. The van der Waals surface area contributed by atoms with Gasteiger partial charge in [0, 0.05) is 34.6 Å². The molecule has 1 aromatic heterocycles. The largest absolute Gasteiger partial charge is 0.358 e. The van der Waals surface area contributed by atoms with Crippen molar-refractivity contribution in [1.82, 2.24) is 15.6 Å². The third kappa shape index (κ3) is 3.58. The number of urea groups is 1. The number of para-hydroxylation sites is 1. The molecule has 130 valence electrons. The van der Waals surface area contributed by atoms with Crippen LogP contribution < -0.4 is 10.6 Å². The van der Waals surface area contributed by atoms with Gasteiger partial charge < -0.3 is 15.6 Å². The lowest BCUT2D eigenvalue weighted by atomic mass is 9.82. The summed E-state index contributed by atoms with van der Waals surface area (Å²) in [5.41, 5.74) is 3.49. The van der Waals surface area contributed by atoms with Crippen molar-refractivity contribution in [1.29, 1.82) is 0 Å². The number of H-pyrrole nitrogens is 1. The van der Waals surface area contributed by atoms with Gasteiger partial charge in [-0.25, -0.2) is 4.79 Å². The van der Waals surface area contributed by atoms with Crippen LogP contribution in [0, 0.1) is 6.92 Å². The Hall–Kier alpha value is -1.97. The fourth-order valence-electron chi connectivity index (χ4n) is 4.02. The molecule has 0 unspecified atom stereocenters. The Kier molecular flexibility index (Phi) is 4.83. The molecule has 1 aliphatic carbocycles. The van der Waals surface area contributed by atoms with E-state index >= 15 is 0 Å². The first-order chi connectivity index (χ1) is 11.5. The van der Waals surface area contributed by atoms with Crippen molar-refractivity contribution < 1.29 is 4.79 Å². The summed E-state index contributed by atoms with van der Waals surface area (Å²) in [6, 6.07) is 8.68.